The number of H-pyrrole nitrogens is 1. The van der Waals surface area contributed by atoms with Crippen LogP contribution in [0.1, 0.15) is 33.7 Å². The molecule has 0 bridgehead atoms. The van der Waals surface area contributed by atoms with Gasteiger partial charge in [-0.25, -0.2) is 0 Å². The number of carbonyl (C=O) groups is 2. The van der Waals surface area contributed by atoms with Crippen molar-refractivity contribution in [3.05, 3.63) is 90.1 Å². The van der Waals surface area contributed by atoms with Crippen molar-refractivity contribution in [3.63, 3.8) is 0 Å². The predicted molar refractivity (Wildman–Crippen MR) is 124 cm³/mol. The average molecular weight is 425 g/mol. The summed E-state index contributed by atoms with van der Waals surface area (Å²) in [5, 5.41) is 12.4. The van der Waals surface area contributed by atoms with Crippen LogP contribution in [-0.4, -0.2) is 46.0 Å². The molecule has 2 amide bonds. The van der Waals surface area contributed by atoms with Crippen molar-refractivity contribution in [1.82, 2.24) is 20.4 Å². The topological polar surface area (TPSA) is 78.1 Å². The molecule has 0 unspecified atom stereocenters. The van der Waals surface area contributed by atoms with E-state index >= 15 is 0 Å². The molecule has 0 aliphatic carbocycles. The monoisotopic (exact) mass is 424 g/mol. The minimum atomic E-state index is -0.0680. The molecular weight excluding hydrogens is 400 g/mol. The summed E-state index contributed by atoms with van der Waals surface area (Å²) in [5.74, 6) is -0.124. The smallest absolute Gasteiger partial charge is 0.271 e. The molecule has 5 rings (SSSR count). The Morgan fingerprint density at radius 2 is 1.59 bits per heavy atom. The molecule has 2 heterocycles. The lowest BCUT2D eigenvalue weighted by atomic mass is 10.0. The second-order valence-electron chi connectivity index (χ2n) is 8.13. The SMILES string of the molecule is O=C(NC1CCN(C(=O)c2cc(-c3ccccc3)n[nH]2)CC1)c1ccc2ccccc2c1. The summed E-state index contributed by atoms with van der Waals surface area (Å²) in [6.07, 6.45) is 1.45. The number of aromatic amines is 1. The molecule has 3 aromatic carbocycles. The minimum Gasteiger partial charge on any atom is -0.349 e. The average Bonchev–Trinajstić information content (AvgIpc) is 3.35. The number of aromatic nitrogens is 2. The number of nitrogens with one attached hydrogen (secondary N) is 2. The molecule has 32 heavy (non-hydrogen) atoms. The van der Waals surface area contributed by atoms with Crippen LogP contribution in [-0.2, 0) is 0 Å². The van der Waals surface area contributed by atoms with E-state index in [-0.39, 0.29) is 17.9 Å². The van der Waals surface area contributed by atoms with Gasteiger partial charge in [0.25, 0.3) is 11.8 Å². The fraction of sp³-hybridized carbons (Fsp3) is 0.192. The molecule has 0 radical (unpaired) electrons. The molecule has 1 aliphatic heterocycles. The van der Waals surface area contributed by atoms with Crippen LogP contribution < -0.4 is 5.32 Å². The Morgan fingerprint density at radius 1 is 0.875 bits per heavy atom. The summed E-state index contributed by atoms with van der Waals surface area (Å²) in [6.45, 7) is 1.20. The summed E-state index contributed by atoms with van der Waals surface area (Å²) in [5.41, 5.74) is 2.88. The number of piperidine rings is 1. The van der Waals surface area contributed by atoms with E-state index in [4.69, 9.17) is 0 Å². The lowest BCUT2D eigenvalue weighted by Crippen LogP contribution is -2.46. The molecule has 6 heteroatoms. The lowest BCUT2D eigenvalue weighted by molar-refractivity contribution is 0.0692. The molecule has 4 aromatic rings. The molecular formula is C26H24N4O2. The summed E-state index contributed by atoms with van der Waals surface area (Å²) >= 11 is 0. The van der Waals surface area contributed by atoms with Crippen molar-refractivity contribution >= 4 is 22.6 Å². The van der Waals surface area contributed by atoms with Gasteiger partial charge in [-0.3, -0.25) is 14.7 Å². The minimum absolute atomic E-state index is 0.0552. The van der Waals surface area contributed by atoms with Crippen LogP contribution in [0.2, 0.25) is 0 Å². The quantitative estimate of drug-likeness (QED) is 0.514. The van der Waals surface area contributed by atoms with Crippen molar-refractivity contribution in [2.75, 3.05) is 13.1 Å². The molecule has 0 saturated carbocycles. The standard InChI is InChI=1S/C26H24N4O2/c31-25(21-11-10-18-6-4-5-9-20(18)16-21)27-22-12-14-30(15-13-22)26(32)24-17-23(28-29-24)19-7-2-1-3-8-19/h1-11,16-17,22H,12-15H2,(H,27,31)(H,28,29). The zero-order valence-electron chi connectivity index (χ0n) is 17.6. The molecule has 1 aromatic heterocycles. The van der Waals surface area contributed by atoms with Gasteiger partial charge >= 0.3 is 0 Å². The van der Waals surface area contributed by atoms with Crippen LogP contribution in [0.25, 0.3) is 22.0 Å². The van der Waals surface area contributed by atoms with Gasteiger partial charge in [0.1, 0.15) is 5.69 Å². The Kier molecular flexibility index (Phi) is 5.42. The summed E-state index contributed by atoms with van der Waals surface area (Å²) < 4.78 is 0. The first-order valence-corrected chi connectivity index (χ1v) is 10.9. The molecule has 1 saturated heterocycles. The van der Waals surface area contributed by atoms with E-state index < -0.39 is 0 Å². The van der Waals surface area contributed by atoms with Gasteiger partial charge in [0.05, 0.1) is 5.69 Å². The van der Waals surface area contributed by atoms with Crippen LogP contribution in [0.4, 0.5) is 0 Å². The highest BCUT2D eigenvalue weighted by molar-refractivity contribution is 5.98. The van der Waals surface area contributed by atoms with Gasteiger partial charge in [-0.15, -0.1) is 0 Å². The van der Waals surface area contributed by atoms with Gasteiger partial charge in [-0.05, 0) is 41.8 Å². The van der Waals surface area contributed by atoms with Gasteiger partial charge in [0.2, 0.25) is 0 Å². The van der Waals surface area contributed by atoms with Crippen LogP contribution in [0.5, 0.6) is 0 Å². The van der Waals surface area contributed by atoms with E-state index in [1.54, 1.807) is 6.07 Å². The number of carbonyl (C=O) groups excluding carboxylic acids is 2. The number of amides is 2. The van der Waals surface area contributed by atoms with Crippen molar-refractivity contribution in [3.8, 4) is 11.3 Å². The summed E-state index contributed by atoms with van der Waals surface area (Å²) in [7, 11) is 0. The van der Waals surface area contributed by atoms with Gasteiger partial charge in [0.15, 0.2) is 0 Å². The molecule has 1 aliphatic rings. The predicted octanol–water partition coefficient (Wildman–Crippen LogP) is 4.26. The van der Waals surface area contributed by atoms with E-state index in [0.717, 1.165) is 34.9 Å². The maximum Gasteiger partial charge on any atom is 0.271 e. The Bertz CT molecular complexity index is 1260. The van der Waals surface area contributed by atoms with Crippen LogP contribution in [0.3, 0.4) is 0 Å². The number of benzene rings is 3. The second-order valence-corrected chi connectivity index (χ2v) is 8.13. The zero-order chi connectivity index (χ0) is 21.9. The van der Waals surface area contributed by atoms with E-state index in [1.807, 2.05) is 77.7 Å². The molecule has 160 valence electrons. The first-order chi connectivity index (χ1) is 15.7. The normalized spacial score (nSPS) is 14.4. The largest absolute Gasteiger partial charge is 0.349 e. The highest BCUT2D eigenvalue weighted by Crippen LogP contribution is 2.20. The number of fused-ring (bicyclic) bond motifs is 1. The molecule has 1 fully saturated rings. The highest BCUT2D eigenvalue weighted by atomic mass is 16.2. The summed E-state index contributed by atoms with van der Waals surface area (Å²) in [6, 6.07) is 25.4. The van der Waals surface area contributed by atoms with E-state index in [2.05, 4.69) is 15.5 Å². The Balaban J connectivity index is 1.18. The maximum absolute atomic E-state index is 12.9. The summed E-state index contributed by atoms with van der Waals surface area (Å²) in [4.78, 5) is 27.4. The molecule has 2 N–H and O–H groups in total. The van der Waals surface area contributed by atoms with Crippen molar-refractivity contribution in [2.24, 2.45) is 0 Å². The second kappa shape index (κ2) is 8.67. The number of hydrogen-bond acceptors (Lipinski definition) is 3. The number of rotatable bonds is 4. The first-order valence-electron chi connectivity index (χ1n) is 10.9. The third kappa shape index (κ3) is 4.12. The highest BCUT2D eigenvalue weighted by Gasteiger charge is 2.26. The number of hydrogen-bond donors (Lipinski definition) is 2. The van der Waals surface area contributed by atoms with Gasteiger partial charge in [-0.1, -0.05) is 60.7 Å². The maximum atomic E-state index is 12.9. The zero-order valence-corrected chi connectivity index (χ0v) is 17.6. The van der Waals surface area contributed by atoms with Crippen LogP contribution >= 0.6 is 0 Å². The number of nitrogens with zero attached hydrogens (tertiary/aromatic N) is 2. The lowest BCUT2D eigenvalue weighted by Gasteiger charge is -2.32. The van der Waals surface area contributed by atoms with Gasteiger partial charge < -0.3 is 10.2 Å². The van der Waals surface area contributed by atoms with E-state index in [0.29, 0.717) is 24.3 Å². The van der Waals surface area contributed by atoms with Crippen molar-refractivity contribution < 1.29 is 9.59 Å². The van der Waals surface area contributed by atoms with Crippen LogP contribution in [0, 0.1) is 0 Å². The fourth-order valence-corrected chi connectivity index (χ4v) is 4.18. The van der Waals surface area contributed by atoms with E-state index in [1.165, 1.54) is 0 Å². The third-order valence-corrected chi connectivity index (χ3v) is 6.01. The van der Waals surface area contributed by atoms with Crippen LogP contribution in [0.15, 0.2) is 78.9 Å². The molecule has 0 spiro atoms. The van der Waals surface area contributed by atoms with Gasteiger partial charge in [0, 0.05) is 30.3 Å². The Morgan fingerprint density at radius 3 is 2.38 bits per heavy atom. The first kappa shape index (κ1) is 20.0. The molecule has 0 atom stereocenters. The third-order valence-electron chi connectivity index (χ3n) is 6.01. The fourth-order valence-electron chi connectivity index (χ4n) is 4.18. The Hall–Kier alpha value is -3.93. The Labute approximate surface area is 186 Å². The molecule has 6 nitrogen and oxygen atoms in total. The number of likely N-dealkylation sites (tertiary alicyclic amines) is 1. The van der Waals surface area contributed by atoms with Crippen molar-refractivity contribution in [2.45, 2.75) is 18.9 Å². The van der Waals surface area contributed by atoms with Gasteiger partial charge in [-0.2, -0.15) is 5.10 Å². The van der Waals surface area contributed by atoms with Crippen molar-refractivity contribution in [1.29, 1.82) is 0 Å². The van der Waals surface area contributed by atoms with E-state index in [9.17, 15) is 9.59 Å².